The summed E-state index contributed by atoms with van der Waals surface area (Å²) >= 11 is 0. The molecule has 1 aliphatic rings. The zero-order valence-electron chi connectivity index (χ0n) is 11.9. The Labute approximate surface area is 127 Å². The number of hydrogen-bond acceptors (Lipinski definition) is 4. The molecule has 0 aliphatic heterocycles. The fourth-order valence-corrected chi connectivity index (χ4v) is 2.79. The molecule has 1 heterocycles. The molecule has 6 heteroatoms. The summed E-state index contributed by atoms with van der Waals surface area (Å²) in [5, 5.41) is 15.7. The van der Waals surface area contributed by atoms with Crippen molar-refractivity contribution in [3.63, 3.8) is 0 Å². The van der Waals surface area contributed by atoms with E-state index in [9.17, 15) is 9.59 Å². The molecule has 114 valence electrons. The monoisotopic (exact) mass is 300 g/mol. The Kier molecular flexibility index (Phi) is 3.91. The summed E-state index contributed by atoms with van der Waals surface area (Å²) in [6, 6.07) is 10.6. The smallest absolute Gasteiger partial charge is 0.308 e. The molecule has 0 radical (unpaired) electrons. The normalized spacial score (nSPS) is 20.7. The molecule has 1 fully saturated rings. The van der Waals surface area contributed by atoms with Crippen LogP contribution < -0.4 is 5.32 Å². The Morgan fingerprint density at radius 3 is 2.73 bits per heavy atom. The SMILES string of the molecule is O=C(N[C@H]1CCC[C@H]1C(=O)O)c1cc(-c2ccccc2)on1. The topological polar surface area (TPSA) is 92.4 Å². The highest BCUT2D eigenvalue weighted by atomic mass is 16.5. The molecule has 0 saturated heterocycles. The van der Waals surface area contributed by atoms with Crippen LogP contribution in [-0.2, 0) is 4.79 Å². The maximum absolute atomic E-state index is 12.2. The molecular formula is C16H16N2O4. The van der Waals surface area contributed by atoms with Gasteiger partial charge in [-0.3, -0.25) is 9.59 Å². The number of rotatable bonds is 4. The van der Waals surface area contributed by atoms with Gasteiger partial charge in [-0.25, -0.2) is 0 Å². The van der Waals surface area contributed by atoms with E-state index in [1.54, 1.807) is 6.07 Å². The lowest BCUT2D eigenvalue weighted by Gasteiger charge is -2.16. The van der Waals surface area contributed by atoms with Crippen LogP contribution in [0.25, 0.3) is 11.3 Å². The summed E-state index contributed by atoms with van der Waals surface area (Å²) < 4.78 is 5.18. The van der Waals surface area contributed by atoms with Crippen molar-refractivity contribution in [1.29, 1.82) is 0 Å². The van der Waals surface area contributed by atoms with Crippen molar-refractivity contribution in [3.05, 3.63) is 42.1 Å². The first-order valence-electron chi connectivity index (χ1n) is 7.21. The molecule has 3 rings (SSSR count). The van der Waals surface area contributed by atoms with Gasteiger partial charge in [0, 0.05) is 17.7 Å². The van der Waals surface area contributed by atoms with E-state index in [0.29, 0.717) is 18.6 Å². The van der Waals surface area contributed by atoms with Crippen LogP contribution in [-0.4, -0.2) is 28.2 Å². The van der Waals surface area contributed by atoms with Gasteiger partial charge in [-0.2, -0.15) is 0 Å². The van der Waals surface area contributed by atoms with Gasteiger partial charge in [0.05, 0.1) is 5.92 Å². The van der Waals surface area contributed by atoms with Gasteiger partial charge >= 0.3 is 5.97 Å². The van der Waals surface area contributed by atoms with Gasteiger partial charge in [-0.05, 0) is 12.8 Å². The van der Waals surface area contributed by atoms with E-state index in [4.69, 9.17) is 9.63 Å². The summed E-state index contributed by atoms with van der Waals surface area (Å²) in [5.41, 5.74) is 0.994. The van der Waals surface area contributed by atoms with Gasteiger partial charge in [0.15, 0.2) is 11.5 Å². The average Bonchev–Trinajstić information content (AvgIpc) is 3.17. The van der Waals surface area contributed by atoms with Gasteiger partial charge in [0.25, 0.3) is 5.91 Å². The van der Waals surface area contributed by atoms with Crippen LogP contribution in [0, 0.1) is 5.92 Å². The molecule has 2 aromatic rings. The number of carbonyl (C=O) groups is 2. The van der Waals surface area contributed by atoms with Gasteiger partial charge in [0.2, 0.25) is 0 Å². The molecule has 22 heavy (non-hydrogen) atoms. The van der Waals surface area contributed by atoms with E-state index in [-0.39, 0.29) is 11.7 Å². The van der Waals surface area contributed by atoms with Crippen LogP contribution >= 0.6 is 0 Å². The van der Waals surface area contributed by atoms with Crippen molar-refractivity contribution in [3.8, 4) is 11.3 Å². The van der Waals surface area contributed by atoms with E-state index in [0.717, 1.165) is 12.0 Å². The van der Waals surface area contributed by atoms with Crippen molar-refractivity contribution in [2.75, 3.05) is 0 Å². The number of carboxylic acids is 1. The Bertz CT molecular complexity index is 680. The maximum atomic E-state index is 12.2. The van der Waals surface area contributed by atoms with E-state index in [2.05, 4.69) is 10.5 Å². The number of amides is 1. The molecule has 1 amide bonds. The molecule has 6 nitrogen and oxygen atoms in total. The fourth-order valence-electron chi connectivity index (χ4n) is 2.79. The summed E-state index contributed by atoms with van der Waals surface area (Å²) in [6.07, 6.45) is 2.07. The standard InChI is InChI=1S/C16H16N2O4/c19-15(17-12-8-4-7-11(12)16(20)21)13-9-14(22-18-13)10-5-2-1-3-6-10/h1-3,5-6,9,11-12H,4,7-8H2,(H,17,19)(H,20,21)/t11-,12+/m1/s1. The molecule has 1 aliphatic carbocycles. The molecule has 0 bridgehead atoms. The highest BCUT2D eigenvalue weighted by Crippen LogP contribution is 2.26. The lowest BCUT2D eigenvalue weighted by atomic mass is 10.0. The Hall–Kier alpha value is -2.63. The van der Waals surface area contributed by atoms with Gasteiger partial charge in [0.1, 0.15) is 0 Å². The van der Waals surface area contributed by atoms with E-state index in [1.165, 1.54) is 0 Å². The minimum absolute atomic E-state index is 0.162. The highest BCUT2D eigenvalue weighted by Gasteiger charge is 2.34. The van der Waals surface area contributed by atoms with Crippen molar-refractivity contribution in [2.45, 2.75) is 25.3 Å². The Balaban J connectivity index is 1.71. The number of carbonyl (C=O) groups excluding carboxylic acids is 1. The minimum atomic E-state index is -0.868. The van der Waals surface area contributed by atoms with Crippen molar-refractivity contribution < 1.29 is 19.2 Å². The second kappa shape index (κ2) is 6.01. The van der Waals surface area contributed by atoms with Crippen LogP contribution in [0.4, 0.5) is 0 Å². The molecule has 1 saturated carbocycles. The number of carboxylic acid groups (broad SMARTS) is 1. The second-order valence-electron chi connectivity index (χ2n) is 5.40. The molecule has 0 spiro atoms. The third kappa shape index (κ3) is 2.86. The number of nitrogens with one attached hydrogen (secondary N) is 1. The number of benzene rings is 1. The van der Waals surface area contributed by atoms with Crippen molar-refractivity contribution in [2.24, 2.45) is 5.92 Å². The summed E-state index contributed by atoms with van der Waals surface area (Å²) in [5.74, 6) is -1.28. The first-order chi connectivity index (χ1) is 10.6. The summed E-state index contributed by atoms with van der Waals surface area (Å²) in [4.78, 5) is 23.3. The minimum Gasteiger partial charge on any atom is -0.481 e. The quantitative estimate of drug-likeness (QED) is 0.904. The molecule has 0 unspecified atom stereocenters. The molecular weight excluding hydrogens is 284 g/mol. The molecule has 2 N–H and O–H groups in total. The van der Waals surface area contributed by atoms with Crippen molar-refractivity contribution >= 4 is 11.9 Å². The van der Waals surface area contributed by atoms with Crippen molar-refractivity contribution in [1.82, 2.24) is 10.5 Å². The Morgan fingerprint density at radius 1 is 1.23 bits per heavy atom. The van der Waals surface area contributed by atoms with E-state index in [1.807, 2.05) is 30.3 Å². The fraction of sp³-hybridized carbons (Fsp3) is 0.312. The first-order valence-corrected chi connectivity index (χ1v) is 7.21. The average molecular weight is 300 g/mol. The van der Waals surface area contributed by atoms with Crippen LogP contribution in [0.3, 0.4) is 0 Å². The third-order valence-corrected chi connectivity index (χ3v) is 3.95. The van der Waals surface area contributed by atoms with Crippen LogP contribution in [0.2, 0.25) is 0 Å². The zero-order chi connectivity index (χ0) is 15.5. The van der Waals surface area contributed by atoms with Gasteiger partial charge < -0.3 is 14.9 Å². The maximum Gasteiger partial charge on any atom is 0.308 e. The lowest BCUT2D eigenvalue weighted by molar-refractivity contribution is -0.142. The number of hydrogen-bond donors (Lipinski definition) is 2. The van der Waals surface area contributed by atoms with Gasteiger partial charge in [-0.1, -0.05) is 41.9 Å². The molecule has 1 aromatic carbocycles. The summed E-state index contributed by atoms with van der Waals surface area (Å²) in [7, 11) is 0. The van der Waals surface area contributed by atoms with Crippen LogP contribution in [0.15, 0.2) is 40.9 Å². The highest BCUT2D eigenvalue weighted by molar-refractivity contribution is 5.93. The van der Waals surface area contributed by atoms with E-state index < -0.39 is 17.8 Å². The predicted octanol–water partition coefficient (Wildman–Crippen LogP) is 2.32. The second-order valence-corrected chi connectivity index (χ2v) is 5.40. The largest absolute Gasteiger partial charge is 0.481 e. The zero-order valence-corrected chi connectivity index (χ0v) is 11.9. The lowest BCUT2D eigenvalue weighted by Crippen LogP contribution is -2.40. The number of aromatic nitrogens is 1. The molecule has 2 atom stereocenters. The number of aliphatic carboxylic acids is 1. The van der Waals surface area contributed by atoms with Crippen LogP contribution in [0.5, 0.6) is 0 Å². The van der Waals surface area contributed by atoms with E-state index >= 15 is 0 Å². The first kappa shape index (κ1) is 14.3. The third-order valence-electron chi connectivity index (χ3n) is 3.95. The van der Waals surface area contributed by atoms with Crippen LogP contribution in [0.1, 0.15) is 29.8 Å². The summed E-state index contributed by atoms with van der Waals surface area (Å²) in [6.45, 7) is 0. The van der Waals surface area contributed by atoms with Gasteiger partial charge in [-0.15, -0.1) is 0 Å². The predicted molar refractivity (Wildman–Crippen MR) is 78.2 cm³/mol. The number of nitrogens with zero attached hydrogens (tertiary/aromatic N) is 1. The molecule has 1 aromatic heterocycles. The Morgan fingerprint density at radius 2 is 2.00 bits per heavy atom.